The van der Waals surface area contributed by atoms with E-state index in [2.05, 4.69) is 4.98 Å². The molecule has 0 bridgehead atoms. The molecular formula is C21H22N4O2S. The van der Waals surface area contributed by atoms with Gasteiger partial charge in [-0.15, -0.1) is 11.3 Å². The third-order valence-electron chi connectivity index (χ3n) is 5.29. The van der Waals surface area contributed by atoms with Crippen molar-refractivity contribution in [2.75, 3.05) is 13.1 Å². The summed E-state index contributed by atoms with van der Waals surface area (Å²) >= 11 is 1.45. The minimum Gasteiger partial charge on any atom is -0.366 e. The van der Waals surface area contributed by atoms with Crippen LogP contribution < -0.4 is 5.73 Å². The molecule has 28 heavy (non-hydrogen) atoms. The van der Waals surface area contributed by atoms with Crippen LogP contribution in [-0.2, 0) is 0 Å². The Labute approximate surface area is 167 Å². The van der Waals surface area contributed by atoms with Crippen molar-refractivity contribution in [2.45, 2.75) is 32.6 Å². The molecule has 144 valence electrons. The summed E-state index contributed by atoms with van der Waals surface area (Å²) in [5.41, 5.74) is 8.52. The molecule has 1 aliphatic heterocycles. The maximum atomic E-state index is 12.8. The van der Waals surface area contributed by atoms with Gasteiger partial charge in [-0.1, -0.05) is 18.2 Å². The highest BCUT2D eigenvalue weighted by Crippen LogP contribution is 2.32. The highest BCUT2D eigenvalue weighted by molar-refractivity contribution is 7.13. The highest BCUT2D eigenvalue weighted by Gasteiger charge is 2.29. The number of pyridine rings is 1. The summed E-state index contributed by atoms with van der Waals surface area (Å²) in [6.45, 7) is 5.05. The van der Waals surface area contributed by atoms with Gasteiger partial charge in [0.15, 0.2) is 0 Å². The molecule has 0 spiro atoms. The number of benzene rings is 1. The Morgan fingerprint density at radius 3 is 2.50 bits per heavy atom. The molecule has 0 aliphatic carbocycles. The number of nitrogens with two attached hydrogens (primary N) is 1. The summed E-state index contributed by atoms with van der Waals surface area (Å²) in [7, 11) is 0. The van der Waals surface area contributed by atoms with Crippen LogP contribution in [0.15, 0.2) is 30.3 Å². The van der Waals surface area contributed by atoms with Gasteiger partial charge in [0, 0.05) is 24.4 Å². The van der Waals surface area contributed by atoms with E-state index in [9.17, 15) is 9.59 Å². The lowest BCUT2D eigenvalue weighted by atomic mass is 9.89. The minimum absolute atomic E-state index is 0.0446. The van der Waals surface area contributed by atoms with Crippen molar-refractivity contribution in [2.24, 2.45) is 5.73 Å². The van der Waals surface area contributed by atoms with E-state index in [1.807, 2.05) is 49.1 Å². The van der Waals surface area contributed by atoms with Crippen molar-refractivity contribution in [1.82, 2.24) is 14.9 Å². The minimum atomic E-state index is -0.456. The van der Waals surface area contributed by atoms with E-state index in [1.165, 1.54) is 11.3 Å². The smallest absolute Gasteiger partial charge is 0.265 e. The molecule has 1 aromatic carbocycles. The molecule has 7 heteroatoms. The van der Waals surface area contributed by atoms with Crippen LogP contribution in [0.2, 0.25) is 0 Å². The van der Waals surface area contributed by atoms with E-state index < -0.39 is 5.91 Å². The van der Waals surface area contributed by atoms with Crippen LogP contribution in [0.3, 0.4) is 0 Å². The van der Waals surface area contributed by atoms with Gasteiger partial charge in [0.1, 0.15) is 4.88 Å². The Balaban J connectivity index is 1.56. The molecule has 1 fully saturated rings. The molecule has 1 aliphatic rings. The first-order valence-corrected chi connectivity index (χ1v) is 10.2. The normalized spacial score (nSPS) is 15.1. The average Bonchev–Trinajstić information content (AvgIpc) is 3.04. The SMILES string of the molecule is Cc1nc(C)c(C(=O)N2CCC(c3nc4ccccc4cc3C(N)=O)CC2)s1. The first kappa shape index (κ1) is 18.6. The summed E-state index contributed by atoms with van der Waals surface area (Å²) in [6, 6.07) is 9.56. The lowest BCUT2D eigenvalue weighted by Crippen LogP contribution is -2.38. The second kappa shape index (κ2) is 7.31. The van der Waals surface area contributed by atoms with Crippen molar-refractivity contribution in [1.29, 1.82) is 0 Å². The number of para-hydroxylation sites is 1. The van der Waals surface area contributed by atoms with Crippen molar-refractivity contribution < 1.29 is 9.59 Å². The number of amides is 2. The van der Waals surface area contributed by atoms with Crippen LogP contribution in [0.1, 0.15) is 55.2 Å². The number of piperidine rings is 1. The predicted octanol–water partition coefficient (Wildman–Crippen LogP) is 3.43. The van der Waals surface area contributed by atoms with E-state index in [0.29, 0.717) is 18.7 Å². The van der Waals surface area contributed by atoms with Gasteiger partial charge in [0.2, 0.25) is 0 Å². The third-order valence-corrected chi connectivity index (χ3v) is 6.35. The Bertz CT molecular complexity index is 1070. The van der Waals surface area contributed by atoms with Crippen LogP contribution in [0.25, 0.3) is 10.9 Å². The van der Waals surface area contributed by atoms with Gasteiger partial charge in [-0.3, -0.25) is 14.6 Å². The fraction of sp³-hybridized carbons (Fsp3) is 0.333. The predicted molar refractivity (Wildman–Crippen MR) is 110 cm³/mol. The molecule has 3 aromatic rings. The standard InChI is InChI=1S/C21H22N4O2S/c1-12-19(28-13(2)23-12)21(27)25-9-7-14(8-10-25)18-16(20(22)26)11-15-5-3-4-6-17(15)24-18/h3-6,11,14H,7-10H2,1-2H3,(H2,22,26). The second-order valence-electron chi connectivity index (χ2n) is 7.19. The number of primary amides is 1. The molecule has 1 saturated heterocycles. The Morgan fingerprint density at radius 1 is 1.14 bits per heavy atom. The Hall–Kier alpha value is -2.80. The summed E-state index contributed by atoms with van der Waals surface area (Å²) in [5, 5.41) is 1.81. The number of likely N-dealkylation sites (tertiary alicyclic amines) is 1. The summed E-state index contributed by atoms with van der Waals surface area (Å²) in [4.78, 5) is 36.6. The van der Waals surface area contributed by atoms with Crippen molar-refractivity contribution in [3.63, 3.8) is 0 Å². The van der Waals surface area contributed by atoms with Crippen LogP contribution >= 0.6 is 11.3 Å². The zero-order chi connectivity index (χ0) is 19.8. The number of carbonyl (C=O) groups excluding carboxylic acids is 2. The van der Waals surface area contributed by atoms with E-state index in [1.54, 1.807) is 0 Å². The molecule has 0 saturated carbocycles. The molecule has 3 heterocycles. The van der Waals surface area contributed by atoms with Gasteiger partial charge in [0.25, 0.3) is 11.8 Å². The van der Waals surface area contributed by atoms with Gasteiger partial charge in [-0.2, -0.15) is 0 Å². The summed E-state index contributed by atoms with van der Waals surface area (Å²) < 4.78 is 0. The number of aromatic nitrogens is 2. The molecule has 2 aromatic heterocycles. The van der Waals surface area contributed by atoms with Crippen LogP contribution in [0.5, 0.6) is 0 Å². The molecule has 2 amide bonds. The van der Waals surface area contributed by atoms with Crippen molar-refractivity contribution in [3.05, 3.63) is 57.2 Å². The lowest BCUT2D eigenvalue weighted by Gasteiger charge is -2.32. The average molecular weight is 395 g/mol. The largest absolute Gasteiger partial charge is 0.366 e. The van der Waals surface area contributed by atoms with Crippen LogP contribution in [0, 0.1) is 13.8 Å². The van der Waals surface area contributed by atoms with E-state index in [-0.39, 0.29) is 11.8 Å². The fourth-order valence-corrected chi connectivity index (χ4v) is 4.76. The molecule has 2 N–H and O–H groups in total. The number of thiazole rings is 1. The quantitative estimate of drug-likeness (QED) is 0.737. The topological polar surface area (TPSA) is 89.2 Å². The zero-order valence-corrected chi connectivity index (χ0v) is 16.8. The zero-order valence-electron chi connectivity index (χ0n) is 15.9. The first-order valence-electron chi connectivity index (χ1n) is 9.37. The second-order valence-corrected chi connectivity index (χ2v) is 8.40. The first-order chi connectivity index (χ1) is 13.4. The summed E-state index contributed by atoms with van der Waals surface area (Å²) in [6.07, 6.45) is 1.52. The number of aryl methyl sites for hydroxylation is 2. The third kappa shape index (κ3) is 3.38. The van der Waals surface area contributed by atoms with Gasteiger partial charge >= 0.3 is 0 Å². The van der Waals surface area contributed by atoms with Gasteiger partial charge in [0.05, 0.1) is 27.5 Å². The van der Waals surface area contributed by atoms with Crippen molar-refractivity contribution in [3.8, 4) is 0 Å². The van der Waals surface area contributed by atoms with Crippen molar-refractivity contribution >= 4 is 34.1 Å². The van der Waals surface area contributed by atoms with Crippen LogP contribution in [0.4, 0.5) is 0 Å². The van der Waals surface area contributed by atoms with E-state index in [0.717, 1.165) is 45.0 Å². The number of fused-ring (bicyclic) bond motifs is 1. The summed E-state index contributed by atoms with van der Waals surface area (Å²) in [5.74, 6) is -0.300. The van der Waals surface area contributed by atoms with E-state index >= 15 is 0 Å². The molecule has 0 unspecified atom stereocenters. The molecule has 0 radical (unpaired) electrons. The highest BCUT2D eigenvalue weighted by atomic mass is 32.1. The monoisotopic (exact) mass is 394 g/mol. The number of carbonyl (C=O) groups is 2. The van der Waals surface area contributed by atoms with Gasteiger partial charge in [-0.25, -0.2) is 4.98 Å². The lowest BCUT2D eigenvalue weighted by molar-refractivity contribution is 0.0715. The van der Waals surface area contributed by atoms with Gasteiger partial charge in [-0.05, 0) is 38.8 Å². The van der Waals surface area contributed by atoms with Crippen LogP contribution in [-0.4, -0.2) is 39.8 Å². The van der Waals surface area contributed by atoms with Gasteiger partial charge < -0.3 is 10.6 Å². The fourth-order valence-electron chi connectivity index (χ4n) is 3.87. The maximum Gasteiger partial charge on any atom is 0.265 e. The maximum absolute atomic E-state index is 12.8. The number of rotatable bonds is 3. The molecule has 0 atom stereocenters. The number of hydrogen-bond donors (Lipinski definition) is 1. The number of hydrogen-bond acceptors (Lipinski definition) is 5. The Kier molecular flexibility index (Phi) is 4.85. The van der Waals surface area contributed by atoms with E-state index in [4.69, 9.17) is 10.7 Å². The molecule has 4 rings (SSSR count). The molecule has 6 nitrogen and oxygen atoms in total. The Morgan fingerprint density at radius 2 is 1.86 bits per heavy atom. The number of nitrogens with zero attached hydrogens (tertiary/aromatic N) is 3. The molecular weight excluding hydrogens is 372 g/mol.